The SMILES string of the molecule is Cc1ccc(C(=O)NCC(=O)OCC(=O)N2CCC(c3ccccc3)=N2)s1. The fourth-order valence-corrected chi connectivity index (χ4v) is 3.32. The molecule has 1 aromatic carbocycles. The number of carbonyl (C=O) groups is 3. The van der Waals surface area contributed by atoms with Gasteiger partial charge in [0.15, 0.2) is 6.61 Å². The highest BCUT2D eigenvalue weighted by molar-refractivity contribution is 7.13. The van der Waals surface area contributed by atoms with E-state index in [4.69, 9.17) is 4.74 Å². The number of ether oxygens (including phenoxy) is 1. The van der Waals surface area contributed by atoms with Crippen LogP contribution in [-0.2, 0) is 14.3 Å². The van der Waals surface area contributed by atoms with Gasteiger partial charge in [-0.1, -0.05) is 30.3 Å². The van der Waals surface area contributed by atoms with Crippen LogP contribution in [-0.4, -0.2) is 48.2 Å². The smallest absolute Gasteiger partial charge is 0.325 e. The topological polar surface area (TPSA) is 88.1 Å². The molecular weight excluding hydrogens is 366 g/mol. The van der Waals surface area contributed by atoms with Crippen molar-refractivity contribution in [3.63, 3.8) is 0 Å². The molecule has 1 aromatic heterocycles. The summed E-state index contributed by atoms with van der Waals surface area (Å²) in [5, 5.41) is 8.08. The molecule has 2 amide bonds. The molecule has 0 atom stereocenters. The first-order valence-electron chi connectivity index (χ1n) is 8.46. The molecule has 0 radical (unpaired) electrons. The first-order valence-corrected chi connectivity index (χ1v) is 9.28. The predicted octanol–water partition coefficient (Wildman–Crippen LogP) is 1.97. The molecule has 0 fully saturated rings. The molecule has 2 heterocycles. The molecule has 1 N–H and O–H groups in total. The zero-order valence-corrected chi connectivity index (χ0v) is 15.6. The van der Waals surface area contributed by atoms with Gasteiger partial charge in [0.25, 0.3) is 11.8 Å². The number of nitrogens with one attached hydrogen (secondary N) is 1. The molecule has 0 spiro atoms. The van der Waals surface area contributed by atoms with Crippen LogP contribution in [0.4, 0.5) is 0 Å². The van der Waals surface area contributed by atoms with Crippen LogP contribution >= 0.6 is 11.3 Å². The number of nitrogens with zero attached hydrogens (tertiary/aromatic N) is 2. The molecule has 7 nitrogen and oxygen atoms in total. The number of hydrogen-bond acceptors (Lipinski definition) is 6. The van der Waals surface area contributed by atoms with Gasteiger partial charge in [0.2, 0.25) is 0 Å². The van der Waals surface area contributed by atoms with E-state index in [1.54, 1.807) is 6.07 Å². The number of benzene rings is 1. The van der Waals surface area contributed by atoms with Gasteiger partial charge < -0.3 is 10.1 Å². The van der Waals surface area contributed by atoms with E-state index < -0.39 is 18.5 Å². The van der Waals surface area contributed by atoms with Crippen LogP contribution in [0.1, 0.15) is 26.5 Å². The molecule has 0 saturated heterocycles. The van der Waals surface area contributed by atoms with Gasteiger partial charge in [0, 0.05) is 11.3 Å². The maximum absolute atomic E-state index is 12.1. The zero-order valence-electron chi connectivity index (χ0n) is 14.8. The van der Waals surface area contributed by atoms with Crippen LogP contribution in [0, 0.1) is 6.92 Å². The summed E-state index contributed by atoms with van der Waals surface area (Å²) in [6.07, 6.45) is 0.653. The lowest BCUT2D eigenvalue weighted by Crippen LogP contribution is -2.33. The number of thiophene rings is 1. The highest BCUT2D eigenvalue weighted by atomic mass is 32.1. The molecule has 0 unspecified atom stereocenters. The van der Waals surface area contributed by atoms with Crippen LogP contribution < -0.4 is 5.32 Å². The van der Waals surface area contributed by atoms with E-state index in [0.717, 1.165) is 16.2 Å². The first-order chi connectivity index (χ1) is 13.0. The van der Waals surface area contributed by atoms with Gasteiger partial charge >= 0.3 is 5.97 Å². The molecule has 1 aliphatic heterocycles. The number of rotatable bonds is 6. The van der Waals surface area contributed by atoms with E-state index in [1.165, 1.54) is 16.3 Å². The van der Waals surface area contributed by atoms with Crippen molar-refractivity contribution in [1.82, 2.24) is 10.3 Å². The molecule has 0 saturated carbocycles. The minimum Gasteiger partial charge on any atom is -0.454 e. The van der Waals surface area contributed by atoms with Crippen molar-refractivity contribution in [2.24, 2.45) is 5.10 Å². The molecule has 8 heteroatoms. The minimum atomic E-state index is -0.670. The van der Waals surface area contributed by atoms with Crippen LogP contribution in [0.25, 0.3) is 0 Å². The van der Waals surface area contributed by atoms with Gasteiger partial charge in [0.05, 0.1) is 17.1 Å². The zero-order chi connectivity index (χ0) is 19.2. The third kappa shape index (κ3) is 5.01. The average molecular weight is 385 g/mol. The van der Waals surface area contributed by atoms with Crippen molar-refractivity contribution in [1.29, 1.82) is 0 Å². The largest absolute Gasteiger partial charge is 0.454 e. The second-order valence-electron chi connectivity index (χ2n) is 5.93. The summed E-state index contributed by atoms with van der Waals surface area (Å²) in [5.74, 6) is -1.40. The molecule has 0 bridgehead atoms. The third-order valence-corrected chi connectivity index (χ3v) is 4.91. The van der Waals surface area contributed by atoms with Crippen LogP contribution in [0.5, 0.6) is 0 Å². The quantitative estimate of drug-likeness (QED) is 0.770. The van der Waals surface area contributed by atoms with Gasteiger partial charge in [-0.25, -0.2) is 5.01 Å². The Labute approximate surface area is 160 Å². The number of carbonyl (C=O) groups excluding carboxylic acids is 3. The number of hydrogen-bond donors (Lipinski definition) is 1. The van der Waals surface area contributed by atoms with Gasteiger partial charge in [-0.15, -0.1) is 11.3 Å². The minimum absolute atomic E-state index is 0.290. The highest BCUT2D eigenvalue weighted by Gasteiger charge is 2.22. The lowest BCUT2D eigenvalue weighted by atomic mass is 10.1. The Hall–Kier alpha value is -3.00. The molecule has 0 aliphatic carbocycles. The van der Waals surface area contributed by atoms with E-state index in [2.05, 4.69) is 10.4 Å². The van der Waals surface area contributed by atoms with Gasteiger partial charge in [0.1, 0.15) is 6.54 Å². The number of hydrazone groups is 1. The maximum Gasteiger partial charge on any atom is 0.325 e. The molecule has 2 aromatic rings. The van der Waals surface area contributed by atoms with E-state index in [9.17, 15) is 14.4 Å². The maximum atomic E-state index is 12.1. The van der Waals surface area contributed by atoms with Crippen LogP contribution in [0.3, 0.4) is 0 Å². The standard InChI is InChI=1S/C19H19N3O4S/c1-13-7-8-16(27-13)19(25)20-11-18(24)26-12-17(23)22-10-9-15(21-22)14-5-3-2-4-6-14/h2-8H,9-12H2,1H3,(H,20,25). The normalized spacial score (nSPS) is 13.2. The Kier molecular flexibility index (Phi) is 5.97. The Bertz CT molecular complexity index is 876. The summed E-state index contributed by atoms with van der Waals surface area (Å²) in [4.78, 5) is 37.3. The first kappa shape index (κ1) is 18.8. The highest BCUT2D eigenvalue weighted by Crippen LogP contribution is 2.15. The summed E-state index contributed by atoms with van der Waals surface area (Å²) < 4.78 is 4.94. The second-order valence-corrected chi connectivity index (χ2v) is 7.22. The van der Waals surface area contributed by atoms with Gasteiger partial charge in [-0.2, -0.15) is 5.10 Å². The van der Waals surface area contributed by atoms with Crippen molar-refractivity contribution in [2.45, 2.75) is 13.3 Å². The Balaban J connectivity index is 1.43. The predicted molar refractivity (Wildman–Crippen MR) is 102 cm³/mol. The fourth-order valence-electron chi connectivity index (χ4n) is 2.53. The second kappa shape index (κ2) is 8.59. The van der Waals surface area contributed by atoms with Gasteiger partial charge in [-0.3, -0.25) is 14.4 Å². The monoisotopic (exact) mass is 385 g/mol. The van der Waals surface area contributed by atoms with E-state index in [-0.39, 0.29) is 12.5 Å². The summed E-state index contributed by atoms with van der Waals surface area (Å²) in [6, 6.07) is 13.1. The molecule has 1 aliphatic rings. The molecular formula is C19H19N3O4S. The summed E-state index contributed by atoms with van der Waals surface area (Å²) in [6.45, 7) is 1.65. The molecule has 3 rings (SSSR count). The summed E-state index contributed by atoms with van der Waals surface area (Å²) >= 11 is 1.34. The van der Waals surface area contributed by atoms with Crippen molar-refractivity contribution in [3.05, 3.63) is 57.8 Å². The van der Waals surface area contributed by atoms with Crippen molar-refractivity contribution in [3.8, 4) is 0 Å². The van der Waals surface area contributed by atoms with Crippen LogP contribution in [0.15, 0.2) is 47.6 Å². The van der Waals surface area contributed by atoms with Crippen molar-refractivity contribution in [2.75, 3.05) is 19.7 Å². The van der Waals surface area contributed by atoms with E-state index in [0.29, 0.717) is 17.8 Å². The Morgan fingerprint density at radius 3 is 2.67 bits per heavy atom. The van der Waals surface area contributed by atoms with Crippen LogP contribution in [0.2, 0.25) is 0 Å². The Morgan fingerprint density at radius 1 is 1.19 bits per heavy atom. The summed E-state index contributed by atoms with van der Waals surface area (Å²) in [5.41, 5.74) is 1.80. The Morgan fingerprint density at radius 2 is 1.96 bits per heavy atom. The summed E-state index contributed by atoms with van der Waals surface area (Å²) in [7, 11) is 0. The average Bonchev–Trinajstić information content (AvgIpc) is 3.34. The van der Waals surface area contributed by atoms with Gasteiger partial charge in [-0.05, 0) is 24.6 Å². The number of esters is 1. The fraction of sp³-hybridized carbons (Fsp3) is 0.263. The lowest BCUT2D eigenvalue weighted by molar-refractivity contribution is -0.150. The van der Waals surface area contributed by atoms with Crippen molar-refractivity contribution >= 4 is 34.8 Å². The lowest BCUT2D eigenvalue weighted by Gasteiger charge is -2.11. The molecule has 140 valence electrons. The molecule has 27 heavy (non-hydrogen) atoms. The number of aryl methyl sites for hydroxylation is 1. The van der Waals surface area contributed by atoms with E-state index in [1.807, 2.05) is 43.3 Å². The number of amides is 2. The van der Waals surface area contributed by atoms with Crippen molar-refractivity contribution < 1.29 is 19.1 Å². The van der Waals surface area contributed by atoms with E-state index >= 15 is 0 Å². The third-order valence-electron chi connectivity index (χ3n) is 3.91.